The van der Waals surface area contributed by atoms with Gasteiger partial charge in [0.2, 0.25) is 0 Å². The van der Waals surface area contributed by atoms with E-state index < -0.39 is 23.2 Å². The molecule has 0 aromatic heterocycles. The average molecular weight is 300 g/mol. The summed E-state index contributed by atoms with van der Waals surface area (Å²) in [6.07, 6.45) is 3.42. The van der Waals surface area contributed by atoms with E-state index >= 15 is 0 Å². The molecule has 0 atom stereocenters. The van der Waals surface area contributed by atoms with Gasteiger partial charge in [-0.2, -0.15) is 0 Å². The Balaban J connectivity index is 0.000000377. The quantitative estimate of drug-likeness (QED) is 0.495. The van der Waals surface area contributed by atoms with Crippen LogP contribution in [0.4, 0.5) is 0 Å². The molecule has 1 aliphatic rings. The Bertz CT molecular complexity index is 470. The Labute approximate surface area is 122 Å². The molecule has 0 bridgehead atoms. The van der Waals surface area contributed by atoms with Gasteiger partial charge in [0.1, 0.15) is 6.67 Å². The number of phenols is 3. The Kier molecular flexibility index (Phi) is 7.48. The van der Waals surface area contributed by atoms with Crippen LogP contribution in [0.3, 0.4) is 0 Å². The van der Waals surface area contributed by atoms with E-state index in [2.05, 4.69) is 0 Å². The highest BCUT2D eigenvalue weighted by Crippen LogP contribution is 2.35. The molecule has 8 heteroatoms. The van der Waals surface area contributed by atoms with Crippen molar-refractivity contribution in [3.05, 3.63) is 30.1 Å². The lowest BCUT2D eigenvalue weighted by atomic mass is 10.2. The molecule has 0 amide bonds. The maximum atomic E-state index is 10.3. The van der Waals surface area contributed by atoms with E-state index in [1.165, 1.54) is 0 Å². The van der Waals surface area contributed by atoms with E-state index in [0.29, 0.717) is 6.67 Å². The number of rotatable bonds is 1. The zero-order chi connectivity index (χ0) is 16.6. The summed E-state index contributed by atoms with van der Waals surface area (Å²) in [7, 11) is 1.90. The molecule has 0 aliphatic carbocycles. The van der Waals surface area contributed by atoms with Gasteiger partial charge >= 0.3 is 5.97 Å². The number of hydrogen-bond acceptors (Lipinski definition) is 7. The number of carboxylic acids is 1. The lowest BCUT2D eigenvalue weighted by Crippen LogP contribution is -2.18. The summed E-state index contributed by atoms with van der Waals surface area (Å²) in [6.45, 7) is 4.58. The summed E-state index contributed by atoms with van der Waals surface area (Å²) in [5, 5.41) is 44.7. The van der Waals surface area contributed by atoms with Crippen LogP contribution in [0.2, 0.25) is 0 Å². The minimum atomic E-state index is -1.29. The monoisotopic (exact) mass is 300 g/mol. The minimum Gasteiger partial charge on any atom is -0.504 e. The molecule has 0 saturated carbocycles. The molecule has 1 aromatic carbocycles. The summed E-state index contributed by atoms with van der Waals surface area (Å²) in [5.74, 6) is -3.33. The third-order valence-electron chi connectivity index (χ3n) is 2.18. The van der Waals surface area contributed by atoms with Gasteiger partial charge in [-0.15, -0.1) is 0 Å². The van der Waals surface area contributed by atoms with E-state index in [-0.39, 0.29) is 5.56 Å². The van der Waals surface area contributed by atoms with Gasteiger partial charge < -0.3 is 25.3 Å². The van der Waals surface area contributed by atoms with Crippen LogP contribution in [0.5, 0.6) is 17.2 Å². The second-order valence-corrected chi connectivity index (χ2v) is 3.80. The fraction of sp³-hybridized carbons (Fsp3) is 0.308. The summed E-state index contributed by atoms with van der Waals surface area (Å²) in [6, 6.07) is 1.69. The van der Waals surface area contributed by atoms with Crippen LogP contribution in [0.25, 0.3) is 0 Å². The van der Waals surface area contributed by atoms with Gasteiger partial charge in [-0.1, -0.05) is 13.8 Å². The van der Waals surface area contributed by atoms with Gasteiger partial charge in [0.15, 0.2) is 17.2 Å². The summed E-state index contributed by atoms with van der Waals surface area (Å²) >= 11 is 0. The van der Waals surface area contributed by atoms with E-state index in [9.17, 15) is 4.79 Å². The molecule has 21 heavy (non-hydrogen) atoms. The van der Waals surface area contributed by atoms with Gasteiger partial charge in [-0.25, -0.2) is 9.86 Å². The lowest BCUT2D eigenvalue weighted by molar-refractivity contribution is -0.0513. The molecule has 1 heterocycles. The van der Waals surface area contributed by atoms with Crippen molar-refractivity contribution in [1.29, 1.82) is 0 Å². The van der Waals surface area contributed by atoms with Crippen molar-refractivity contribution in [2.75, 3.05) is 13.7 Å². The second-order valence-electron chi connectivity index (χ2n) is 3.80. The van der Waals surface area contributed by atoms with Crippen molar-refractivity contribution < 1.29 is 30.4 Å². The highest BCUT2D eigenvalue weighted by molar-refractivity contribution is 5.89. The molecule has 0 spiro atoms. The number of benzene rings is 1. The molecule has 0 radical (unpaired) electrons. The van der Waals surface area contributed by atoms with Crippen LogP contribution in [0, 0.1) is 0 Å². The zero-order valence-corrected chi connectivity index (χ0v) is 12.1. The number of aromatic carboxylic acids is 1. The number of carbonyl (C=O) groups is 1. The molecule has 1 aromatic rings. The first-order valence-electron chi connectivity index (χ1n) is 6.13. The van der Waals surface area contributed by atoms with Crippen LogP contribution in [-0.4, -0.2) is 55.3 Å². The standard InChI is InChI=1S/C7H6O5.C4H8N2O.C2H6/c8-4-1-3(7(11)12)2-5(9)6(4)10;1-5-2-3-6(7)4-5;1-2/h1-2,8-10H,(H,11,12);2-3,7H,4H2,1H3;1-2H3. The average Bonchev–Trinajstić information content (AvgIpc) is 2.82. The Morgan fingerprint density at radius 1 is 1.10 bits per heavy atom. The Hall–Kier alpha value is -2.61. The number of hydroxylamine groups is 2. The zero-order valence-electron chi connectivity index (χ0n) is 12.1. The summed E-state index contributed by atoms with van der Waals surface area (Å²) in [5.41, 5.74) is -0.289. The van der Waals surface area contributed by atoms with Crippen LogP contribution in [-0.2, 0) is 0 Å². The van der Waals surface area contributed by atoms with Crippen LogP contribution < -0.4 is 0 Å². The molecule has 0 fully saturated rings. The first-order chi connectivity index (χ1) is 9.81. The van der Waals surface area contributed by atoms with Gasteiger partial charge in [0.25, 0.3) is 0 Å². The van der Waals surface area contributed by atoms with E-state index in [1.54, 1.807) is 12.4 Å². The van der Waals surface area contributed by atoms with E-state index in [4.69, 9.17) is 25.6 Å². The lowest BCUT2D eigenvalue weighted by Gasteiger charge is -2.08. The highest BCUT2D eigenvalue weighted by Gasteiger charge is 2.11. The molecule has 1 aliphatic heterocycles. The van der Waals surface area contributed by atoms with Crippen molar-refractivity contribution in [2.45, 2.75) is 13.8 Å². The molecule has 0 saturated heterocycles. The topological polar surface area (TPSA) is 125 Å². The first kappa shape index (κ1) is 18.4. The third-order valence-corrected chi connectivity index (χ3v) is 2.18. The molecular weight excluding hydrogens is 280 g/mol. The summed E-state index contributed by atoms with van der Waals surface area (Å²) < 4.78 is 0. The van der Waals surface area contributed by atoms with Gasteiger partial charge in [0, 0.05) is 19.4 Å². The normalized spacial score (nSPS) is 12.2. The van der Waals surface area contributed by atoms with Crippen molar-refractivity contribution in [3.63, 3.8) is 0 Å². The molecular formula is C13H20N2O6. The van der Waals surface area contributed by atoms with Crippen LogP contribution >= 0.6 is 0 Å². The number of hydrogen-bond donors (Lipinski definition) is 5. The smallest absolute Gasteiger partial charge is 0.335 e. The number of nitrogens with zero attached hydrogens (tertiary/aromatic N) is 2. The Morgan fingerprint density at radius 3 is 1.81 bits per heavy atom. The fourth-order valence-corrected chi connectivity index (χ4v) is 1.24. The maximum absolute atomic E-state index is 10.3. The molecule has 0 unspecified atom stereocenters. The summed E-state index contributed by atoms with van der Waals surface area (Å²) in [4.78, 5) is 12.2. The SMILES string of the molecule is CC.CN1C=CN(O)C1.O=C(O)c1cc(O)c(O)c(O)c1. The highest BCUT2D eigenvalue weighted by atomic mass is 16.5. The first-order valence-corrected chi connectivity index (χ1v) is 6.13. The fourth-order valence-electron chi connectivity index (χ4n) is 1.24. The number of carboxylic acid groups (broad SMARTS) is 1. The Morgan fingerprint density at radius 2 is 1.57 bits per heavy atom. The third kappa shape index (κ3) is 5.91. The molecule has 118 valence electrons. The van der Waals surface area contributed by atoms with Crippen LogP contribution in [0.1, 0.15) is 24.2 Å². The largest absolute Gasteiger partial charge is 0.504 e. The van der Waals surface area contributed by atoms with Gasteiger partial charge in [-0.3, -0.25) is 5.21 Å². The number of aromatic hydroxyl groups is 3. The van der Waals surface area contributed by atoms with Gasteiger partial charge in [-0.05, 0) is 12.1 Å². The second kappa shape index (κ2) is 8.54. The minimum absolute atomic E-state index is 0.289. The van der Waals surface area contributed by atoms with Crippen LogP contribution in [0.15, 0.2) is 24.5 Å². The van der Waals surface area contributed by atoms with Crippen molar-refractivity contribution in [1.82, 2.24) is 9.96 Å². The maximum Gasteiger partial charge on any atom is 0.335 e. The predicted molar refractivity (Wildman–Crippen MR) is 75.1 cm³/mol. The molecule has 2 rings (SSSR count). The van der Waals surface area contributed by atoms with Crippen molar-refractivity contribution in [3.8, 4) is 17.2 Å². The van der Waals surface area contributed by atoms with Crippen molar-refractivity contribution >= 4 is 5.97 Å². The van der Waals surface area contributed by atoms with Gasteiger partial charge in [0.05, 0.1) is 5.56 Å². The number of phenolic OH excluding ortho intramolecular Hbond substituents is 3. The molecule has 5 N–H and O–H groups in total. The van der Waals surface area contributed by atoms with Crippen molar-refractivity contribution in [2.24, 2.45) is 0 Å². The van der Waals surface area contributed by atoms with E-state index in [1.807, 2.05) is 25.8 Å². The molecule has 8 nitrogen and oxygen atoms in total. The van der Waals surface area contributed by atoms with E-state index in [0.717, 1.165) is 17.2 Å². The predicted octanol–water partition coefficient (Wildman–Crippen LogP) is 1.58.